The first-order chi connectivity index (χ1) is 15.3. The van der Waals surface area contributed by atoms with Gasteiger partial charge in [0, 0.05) is 12.7 Å². The number of carbonyl (C=O) groups is 2. The van der Waals surface area contributed by atoms with E-state index in [-0.39, 0.29) is 23.9 Å². The van der Waals surface area contributed by atoms with Crippen LogP contribution < -0.4 is 10.6 Å². The Morgan fingerprint density at radius 2 is 1.84 bits per heavy atom. The zero-order chi connectivity index (χ0) is 23.3. The second-order valence-corrected chi connectivity index (χ2v) is 8.64. The monoisotopic (exact) mass is 455 g/mol. The quantitative estimate of drug-likeness (QED) is 0.496. The maximum atomic E-state index is 13.8. The summed E-state index contributed by atoms with van der Waals surface area (Å²) in [5.74, 6) is -0.529. The number of thioether (sulfide) groups is 1. The van der Waals surface area contributed by atoms with Gasteiger partial charge in [-0.05, 0) is 55.7 Å². The van der Waals surface area contributed by atoms with Crippen LogP contribution in [-0.2, 0) is 23.1 Å². The Kier molecular flexibility index (Phi) is 7.63. The van der Waals surface area contributed by atoms with Crippen LogP contribution in [0.25, 0.3) is 0 Å². The number of halogens is 1. The molecule has 3 aromatic rings. The van der Waals surface area contributed by atoms with Crippen LogP contribution in [0.2, 0.25) is 0 Å². The summed E-state index contributed by atoms with van der Waals surface area (Å²) in [5.41, 5.74) is 3.12. The molecule has 0 saturated carbocycles. The highest BCUT2D eigenvalue weighted by atomic mass is 32.2. The second kappa shape index (κ2) is 10.4. The van der Waals surface area contributed by atoms with Gasteiger partial charge >= 0.3 is 0 Å². The largest absolute Gasteiger partial charge is 0.326 e. The van der Waals surface area contributed by atoms with E-state index in [1.807, 2.05) is 39.0 Å². The molecule has 1 atom stereocenters. The number of aryl methyl sites for hydroxylation is 2. The number of hydrogen-bond donors (Lipinski definition) is 2. The Morgan fingerprint density at radius 3 is 2.53 bits per heavy atom. The maximum absolute atomic E-state index is 13.8. The highest BCUT2D eigenvalue weighted by molar-refractivity contribution is 8.00. The fourth-order valence-electron chi connectivity index (χ4n) is 2.99. The summed E-state index contributed by atoms with van der Waals surface area (Å²) in [7, 11) is 1.75. The zero-order valence-corrected chi connectivity index (χ0v) is 19.3. The van der Waals surface area contributed by atoms with Crippen molar-refractivity contribution >= 4 is 35.0 Å². The smallest absolute Gasteiger partial charge is 0.238 e. The molecule has 0 aliphatic rings. The van der Waals surface area contributed by atoms with Crippen LogP contribution in [0.1, 0.15) is 30.3 Å². The Morgan fingerprint density at radius 1 is 1.09 bits per heavy atom. The number of para-hydroxylation sites is 1. The topological polar surface area (TPSA) is 88.9 Å². The third-order valence-corrected chi connectivity index (χ3v) is 6.48. The summed E-state index contributed by atoms with van der Waals surface area (Å²) in [4.78, 5) is 25.1. The van der Waals surface area contributed by atoms with E-state index < -0.39 is 11.1 Å². The van der Waals surface area contributed by atoms with Crippen LogP contribution in [0.15, 0.2) is 47.6 Å². The molecule has 1 heterocycles. The summed E-state index contributed by atoms with van der Waals surface area (Å²) in [6, 6.07) is 11.8. The average Bonchev–Trinajstić information content (AvgIpc) is 3.09. The molecule has 1 unspecified atom stereocenters. The van der Waals surface area contributed by atoms with Gasteiger partial charge in [-0.3, -0.25) is 9.59 Å². The molecule has 9 heteroatoms. The van der Waals surface area contributed by atoms with E-state index in [4.69, 9.17) is 0 Å². The lowest BCUT2D eigenvalue weighted by molar-refractivity contribution is -0.116. The maximum Gasteiger partial charge on any atom is 0.238 e. The molecular weight excluding hydrogens is 429 g/mol. The molecule has 0 radical (unpaired) electrons. The Balaban J connectivity index is 1.63. The van der Waals surface area contributed by atoms with Crippen molar-refractivity contribution in [3.63, 3.8) is 0 Å². The van der Waals surface area contributed by atoms with Crippen LogP contribution in [-0.4, -0.2) is 31.8 Å². The first kappa shape index (κ1) is 23.5. The fourth-order valence-corrected chi connectivity index (χ4v) is 3.93. The lowest BCUT2D eigenvalue weighted by Crippen LogP contribution is -2.25. The van der Waals surface area contributed by atoms with Gasteiger partial charge in [0.05, 0.1) is 17.4 Å². The SMILES string of the molecule is CCC(Sc1nnc(CC(=O)Nc2ccc(C)c(C)c2)n1C)C(=O)Nc1ccccc1F. The van der Waals surface area contributed by atoms with E-state index >= 15 is 0 Å². The van der Waals surface area contributed by atoms with Gasteiger partial charge < -0.3 is 15.2 Å². The summed E-state index contributed by atoms with van der Waals surface area (Å²) < 4.78 is 15.5. The molecule has 0 aliphatic carbocycles. The van der Waals surface area contributed by atoms with Gasteiger partial charge in [0.1, 0.15) is 11.6 Å². The number of aromatic nitrogens is 3. The number of nitrogens with one attached hydrogen (secondary N) is 2. The Hall–Kier alpha value is -3.20. The first-order valence-electron chi connectivity index (χ1n) is 10.3. The summed E-state index contributed by atoms with van der Waals surface area (Å²) in [5, 5.41) is 13.8. The van der Waals surface area contributed by atoms with Crippen LogP contribution in [0.3, 0.4) is 0 Å². The Labute approximate surface area is 190 Å². The van der Waals surface area contributed by atoms with Crippen LogP contribution in [0.5, 0.6) is 0 Å². The summed E-state index contributed by atoms with van der Waals surface area (Å²) in [6.45, 7) is 5.87. The zero-order valence-electron chi connectivity index (χ0n) is 18.5. The molecule has 168 valence electrons. The fraction of sp³-hybridized carbons (Fsp3) is 0.304. The van der Waals surface area contributed by atoms with Crippen molar-refractivity contribution in [2.45, 2.75) is 44.0 Å². The molecule has 32 heavy (non-hydrogen) atoms. The number of amides is 2. The molecule has 2 amide bonds. The molecule has 2 aromatic carbocycles. The van der Waals surface area contributed by atoms with E-state index in [0.717, 1.165) is 16.8 Å². The molecule has 2 N–H and O–H groups in total. The molecule has 1 aromatic heterocycles. The van der Waals surface area contributed by atoms with E-state index in [0.29, 0.717) is 17.4 Å². The van der Waals surface area contributed by atoms with Crippen molar-refractivity contribution in [2.24, 2.45) is 7.05 Å². The van der Waals surface area contributed by atoms with Crippen molar-refractivity contribution < 1.29 is 14.0 Å². The van der Waals surface area contributed by atoms with Gasteiger partial charge in [-0.2, -0.15) is 0 Å². The van der Waals surface area contributed by atoms with Crippen molar-refractivity contribution in [1.29, 1.82) is 0 Å². The molecule has 0 saturated heterocycles. The summed E-state index contributed by atoms with van der Waals surface area (Å²) in [6.07, 6.45) is 0.565. The minimum atomic E-state index is -0.491. The van der Waals surface area contributed by atoms with Crippen LogP contribution >= 0.6 is 11.8 Å². The summed E-state index contributed by atoms with van der Waals surface area (Å²) >= 11 is 1.23. The molecule has 0 bridgehead atoms. The van der Waals surface area contributed by atoms with Gasteiger partial charge in [0.2, 0.25) is 11.8 Å². The van der Waals surface area contributed by atoms with Gasteiger partial charge in [-0.25, -0.2) is 4.39 Å². The molecule has 0 fully saturated rings. The van der Waals surface area contributed by atoms with E-state index in [1.54, 1.807) is 23.7 Å². The van der Waals surface area contributed by atoms with Gasteiger partial charge in [-0.15, -0.1) is 10.2 Å². The van der Waals surface area contributed by atoms with Crippen molar-refractivity contribution in [3.05, 3.63) is 65.2 Å². The molecule has 3 rings (SSSR count). The van der Waals surface area contributed by atoms with Crippen molar-refractivity contribution in [2.75, 3.05) is 10.6 Å². The lowest BCUT2D eigenvalue weighted by atomic mass is 10.1. The number of carbonyl (C=O) groups excluding carboxylic acids is 2. The van der Waals surface area contributed by atoms with E-state index in [2.05, 4.69) is 20.8 Å². The average molecular weight is 456 g/mol. The number of nitrogens with zero attached hydrogens (tertiary/aromatic N) is 3. The van der Waals surface area contributed by atoms with Gasteiger partial charge in [0.15, 0.2) is 5.16 Å². The lowest BCUT2D eigenvalue weighted by Gasteiger charge is -2.14. The van der Waals surface area contributed by atoms with E-state index in [1.165, 1.54) is 23.9 Å². The minimum absolute atomic E-state index is 0.0508. The predicted molar refractivity (Wildman–Crippen MR) is 124 cm³/mol. The van der Waals surface area contributed by atoms with Gasteiger partial charge in [-0.1, -0.05) is 36.9 Å². The molecule has 0 spiro atoms. The molecular formula is C23H26FN5O2S. The van der Waals surface area contributed by atoms with Crippen LogP contribution in [0, 0.1) is 19.7 Å². The number of anilines is 2. The first-order valence-corrected chi connectivity index (χ1v) is 11.1. The Bertz CT molecular complexity index is 1130. The van der Waals surface area contributed by atoms with Crippen LogP contribution in [0.4, 0.5) is 15.8 Å². The number of hydrogen-bond acceptors (Lipinski definition) is 5. The highest BCUT2D eigenvalue weighted by Gasteiger charge is 2.23. The third-order valence-electron chi connectivity index (χ3n) is 5.08. The molecule has 7 nitrogen and oxygen atoms in total. The highest BCUT2D eigenvalue weighted by Crippen LogP contribution is 2.26. The number of benzene rings is 2. The predicted octanol–water partition coefficient (Wildman–Crippen LogP) is 4.26. The van der Waals surface area contributed by atoms with Crippen molar-refractivity contribution in [3.8, 4) is 0 Å². The normalized spacial score (nSPS) is 11.8. The second-order valence-electron chi connectivity index (χ2n) is 7.47. The third kappa shape index (κ3) is 5.73. The minimum Gasteiger partial charge on any atom is -0.326 e. The van der Waals surface area contributed by atoms with Gasteiger partial charge in [0.25, 0.3) is 0 Å². The standard InChI is InChI=1S/C23H26FN5O2S/c1-5-19(22(31)26-18-9-7-6-8-17(18)24)32-23-28-27-20(29(23)4)13-21(30)25-16-11-10-14(2)15(3)12-16/h6-12,19H,5,13H2,1-4H3,(H,25,30)(H,26,31). The van der Waals surface area contributed by atoms with Crippen molar-refractivity contribution in [1.82, 2.24) is 14.8 Å². The number of rotatable bonds is 8. The molecule has 0 aliphatic heterocycles. The van der Waals surface area contributed by atoms with E-state index in [9.17, 15) is 14.0 Å².